The Hall–Kier alpha value is -1.88. The molecule has 0 saturated heterocycles. The van der Waals surface area contributed by atoms with E-state index in [-0.39, 0.29) is 11.8 Å². The maximum absolute atomic E-state index is 12.9. The van der Waals surface area contributed by atoms with Crippen LogP contribution in [-0.4, -0.2) is 35.0 Å². The van der Waals surface area contributed by atoms with Crippen LogP contribution in [0, 0.1) is 18.3 Å². The van der Waals surface area contributed by atoms with E-state index in [9.17, 15) is 9.59 Å². The number of aryl methyl sites for hydroxylation is 2. The van der Waals surface area contributed by atoms with Gasteiger partial charge >= 0.3 is 0 Å². The van der Waals surface area contributed by atoms with Gasteiger partial charge < -0.3 is 4.90 Å². The molecule has 0 radical (unpaired) electrons. The normalized spacial score (nSPS) is 12.8. The summed E-state index contributed by atoms with van der Waals surface area (Å²) in [6.45, 7) is 9.54. The average molecular weight is 334 g/mol. The maximum atomic E-state index is 12.9. The fourth-order valence-electron chi connectivity index (χ4n) is 2.91. The second-order valence-electron chi connectivity index (χ2n) is 7.45. The molecule has 1 atom stereocenters. The second kappa shape index (κ2) is 8.29. The van der Waals surface area contributed by atoms with Crippen molar-refractivity contribution < 1.29 is 14.8 Å². The molecule has 2 N–H and O–H groups in total. The molecule has 0 unspecified atom stereocenters. The van der Waals surface area contributed by atoms with Crippen LogP contribution in [0.15, 0.2) is 24.3 Å². The van der Waals surface area contributed by atoms with Crippen molar-refractivity contribution in [3.8, 4) is 0 Å². The lowest BCUT2D eigenvalue weighted by molar-refractivity contribution is -0.150. The number of hydroxylamine groups is 1. The molecule has 134 valence electrons. The van der Waals surface area contributed by atoms with Gasteiger partial charge in [0.15, 0.2) is 0 Å². The number of hydrogen-bond acceptors (Lipinski definition) is 3. The van der Waals surface area contributed by atoms with Gasteiger partial charge in [-0.15, -0.1) is 0 Å². The van der Waals surface area contributed by atoms with E-state index in [1.807, 2.05) is 34.6 Å². The minimum atomic E-state index is -0.693. The van der Waals surface area contributed by atoms with Gasteiger partial charge in [-0.1, -0.05) is 57.5 Å². The van der Waals surface area contributed by atoms with Crippen LogP contribution >= 0.6 is 0 Å². The van der Waals surface area contributed by atoms with Gasteiger partial charge in [0.25, 0.3) is 5.91 Å². The molecule has 5 nitrogen and oxygen atoms in total. The predicted molar refractivity (Wildman–Crippen MR) is 94.6 cm³/mol. The van der Waals surface area contributed by atoms with Crippen molar-refractivity contribution in [3.63, 3.8) is 0 Å². The summed E-state index contributed by atoms with van der Waals surface area (Å²) in [5, 5.41) is 8.92. The Kier molecular flexibility index (Phi) is 6.96. The Labute approximate surface area is 145 Å². The largest absolute Gasteiger partial charge is 0.333 e. The van der Waals surface area contributed by atoms with Gasteiger partial charge in [-0.05, 0) is 31.2 Å². The molecule has 0 heterocycles. The fourth-order valence-corrected chi connectivity index (χ4v) is 2.91. The van der Waals surface area contributed by atoms with Crippen LogP contribution in [0.1, 0.15) is 45.2 Å². The lowest BCUT2D eigenvalue weighted by atomic mass is 9.84. The zero-order valence-corrected chi connectivity index (χ0v) is 15.6. The quantitative estimate of drug-likeness (QED) is 0.595. The fraction of sp³-hybridized carbons (Fsp3) is 0.579. The third-order valence-corrected chi connectivity index (χ3v) is 4.49. The Morgan fingerprint density at radius 3 is 2.21 bits per heavy atom. The molecule has 0 aliphatic carbocycles. The highest BCUT2D eigenvalue weighted by Gasteiger charge is 2.37. The molecule has 5 heteroatoms. The van der Waals surface area contributed by atoms with Gasteiger partial charge in [0, 0.05) is 12.5 Å². The van der Waals surface area contributed by atoms with E-state index in [1.54, 1.807) is 12.5 Å². The highest BCUT2D eigenvalue weighted by Crippen LogP contribution is 2.27. The third kappa shape index (κ3) is 5.06. The zero-order valence-electron chi connectivity index (χ0n) is 15.6. The van der Waals surface area contributed by atoms with Crippen LogP contribution in [0.3, 0.4) is 0 Å². The summed E-state index contributed by atoms with van der Waals surface area (Å²) < 4.78 is 0. The lowest BCUT2D eigenvalue weighted by Crippen LogP contribution is -2.53. The van der Waals surface area contributed by atoms with Crippen LogP contribution in [0.25, 0.3) is 0 Å². The van der Waals surface area contributed by atoms with Crippen molar-refractivity contribution in [1.82, 2.24) is 10.4 Å². The molecule has 0 aromatic heterocycles. The molecule has 0 spiro atoms. The summed E-state index contributed by atoms with van der Waals surface area (Å²) >= 11 is 0. The number of carbonyl (C=O) groups is 2. The Morgan fingerprint density at radius 2 is 1.75 bits per heavy atom. The van der Waals surface area contributed by atoms with Crippen LogP contribution in [-0.2, 0) is 16.0 Å². The van der Waals surface area contributed by atoms with E-state index in [1.165, 1.54) is 16.0 Å². The number of hydrogen-bond donors (Lipinski definition) is 2. The minimum Gasteiger partial charge on any atom is -0.333 e. The van der Waals surface area contributed by atoms with Crippen LogP contribution in [0.4, 0.5) is 0 Å². The highest BCUT2D eigenvalue weighted by molar-refractivity contribution is 5.89. The first kappa shape index (κ1) is 20.2. The highest BCUT2D eigenvalue weighted by atomic mass is 16.5. The number of nitrogens with one attached hydrogen (secondary N) is 1. The number of nitrogens with zero attached hydrogens (tertiary/aromatic N) is 1. The van der Waals surface area contributed by atoms with Gasteiger partial charge in [0.05, 0.1) is 0 Å². The number of amides is 2. The molecule has 0 fully saturated rings. The van der Waals surface area contributed by atoms with Crippen molar-refractivity contribution in [2.24, 2.45) is 11.3 Å². The summed E-state index contributed by atoms with van der Waals surface area (Å²) in [6.07, 6.45) is 1.48. The monoisotopic (exact) mass is 334 g/mol. The van der Waals surface area contributed by atoms with Gasteiger partial charge in [-0.25, -0.2) is 5.48 Å². The van der Waals surface area contributed by atoms with E-state index in [4.69, 9.17) is 5.21 Å². The Bertz CT molecular complexity index is 564. The van der Waals surface area contributed by atoms with E-state index in [0.29, 0.717) is 6.42 Å². The maximum Gasteiger partial charge on any atom is 0.266 e. The average Bonchev–Trinajstić information content (AvgIpc) is 2.53. The Morgan fingerprint density at radius 1 is 1.21 bits per heavy atom. The lowest BCUT2D eigenvalue weighted by Gasteiger charge is -2.35. The first-order valence-corrected chi connectivity index (χ1v) is 8.37. The second-order valence-corrected chi connectivity index (χ2v) is 7.45. The molecule has 1 aromatic rings. The van der Waals surface area contributed by atoms with Gasteiger partial charge in [-0.3, -0.25) is 14.8 Å². The van der Waals surface area contributed by atoms with Crippen molar-refractivity contribution in [3.05, 3.63) is 35.4 Å². The smallest absolute Gasteiger partial charge is 0.266 e. The van der Waals surface area contributed by atoms with Gasteiger partial charge in [0.1, 0.15) is 6.04 Å². The first-order chi connectivity index (χ1) is 11.1. The molecule has 0 aliphatic rings. The molecule has 1 rings (SSSR count). The molecule has 2 amide bonds. The molecule has 0 saturated carbocycles. The zero-order chi connectivity index (χ0) is 18.5. The van der Waals surface area contributed by atoms with E-state index in [0.717, 1.165) is 6.42 Å². The molecule has 24 heavy (non-hydrogen) atoms. The molecule has 1 aromatic carbocycles. The van der Waals surface area contributed by atoms with Gasteiger partial charge in [-0.2, -0.15) is 0 Å². The standard InChI is InChI=1S/C19H30N2O3/c1-13(2)16(17(22)20-24)21(6)18(23)19(4,5)12-11-15-9-7-14(3)8-10-15/h7-10,13,16,24H,11-12H2,1-6H3,(H,20,22)/t16-/m1/s1. The van der Waals surface area contributed by atoms with Crippen LogP contribution in [0.5, 0.6) is 0 Å². The SMILES string of the molecule is Cc1ccc(CCC(C)(C)C(=O)N(C)[C@@H](C(=O)NO)C(C)C)cc1. The molecule has 0 aliphatic heterocycles. The van der Waals surface area contributed by atoms with Crippen LogP contribution < -0.4 is 5.48 Å². The van der Waals surface area contributed by atoms with Crippen LogP contribution in [0.2, 0.25) is 0 Å². The van der Waals surface area contributed by atoms with Gasteiger partial charge in [0.2, 0.25) is 5.91 Å². The number of rotatable bonds is 7. The summed E-state index contributed by atoms with van der Waals surface area (Å²) in [5.74, 6) is -0.758. The van der Waals surface area contributed by atoms with E-state index >= 15 is 0 Å². The summed E-state index contributed by atoms with van der Waals surface area (Å²) in [4.78, 5) is 26.2. The molecular weight excluding hydrogens is 304 g/mol. The van der Waals surface area contributed by atoms with Crippen molar-refractivity contribution in [2.75, 3.05) is 7.05 Å². The summed E-state index contributed by atoms with van der Waals surface area (Å²) in [7, 11) is 1.62. The Balaban J connectivity index is 2.81. The summed E-state index contributed by atoms with van der Waals surface area (Å²) in [5.41, 5.74) is 3.47. The van der Waals surface area contributed by atoms with Crippen molar-refractivity contribution in [2.45, 2.75) is 53.5 Å². The topological polar surface area (TPSA) is 69.6 Å². The predicted octanol–water partition coefficient (Wildman–Crippen LogP) is 2.94. The minimum absolute atomic E-state index is 0.0981. The van der Waals surface area contributed by atoms with Crippen molar-refractivity contribution >= 4 is 11.8 Å². The molecular formula is C19H30N2O3. The number of likely N-dealkylation sites (N-methyl/N-ethyl adjacent to an activating group) is 1. The number of benzene rings is 1. The van der Waals surface area contributed by atoms with E-state index < -0.39 is 17.4 Å². The third-order valence-electron chi connectivity index (χ3n) is 4.49. The first-order valence-electron chi connectivity index (χ1n) is 8.37. The summed E-state index contributed by atoms with van der Waals surface area (Å²) in [6, 6.07) is 7.60. The molecule has 0 bridgehead atoms. The number of carbonyl (C=O) groups excluding carboxylic acids is 2. The van der Waals surface area contributed by atoms with E-state index in [2.05, 4.69) is 24.3 Å². The van der Waals surface area contributed by atoms with Crippen molar-refractivity contribution in [1.29, 1.82) is 0 Å².